The highest BCUT2D eigenvalue weighted by Gasteiger charge is 2.46. The Bertz CT molecular complexity index is 786. The molecule has 0 spiro atoms. The molecule has 24 heavy (non-hydrogen) atoms. The lowest BCUT2D eigenvalue weighted by Crippen LogP contribution is -2.40. The molecule has 4 unspecified atom stereocenters. The van der Waals surface area contributed by atoms with Gasteiger partial charge in [-0.1, -0.05) is 42.5 Å². The second-order valence-electron chi connectivity index (χ2n) is 7.77. The van der Waals surface area contributed by atoms with Crippen LogP contribution >= 0.6 is 0 Å². The number of nitrogens with one attached hydrogen (secondary N) is 1. The van der Waals surface area contributed by atoms with Crippen molar-refractivity contribution >= 4 is 16.7 Å². The van der Waals surface area contributed by atoms with Gasteiger partial charge in [0.25, 0.3) is 0 Å². The fourth-order valence-electron chi connectivity index (χ4n) is 4.65. The number of benzene rings is 2. The van der Waals surface area contributed by atoms with Crippen molar-refractivity contribution in [1.82, 2.24) is 10.2 Å². The van der Waals surface area contributed by atoms with E-state index >= 15 is 0 Å². The number of hydrogen-bond acceptors (Lipinski definition) is 2. The lowest BCUT2D eigenvalue weighted by atomic mass is 10.0. The lowest BCUT2D eigenvalue weighted by molar-refractivity contribution is -0.132. The first-order valence-corrected chi connectivity index (χ1v) is 9.31. The third-order valence-electron chi connectivity index (χ3n) is 6.14. The van der Waals surface area contributed by atoms with Gasteiger partial charge in [0.05, 0.1) is 0 Å². The second-order valence-corrected chi connectivity index (χ2v) is 7.77. The molecule has 4 atom stereocenters. The number of carbonyl (C=O) groups excluding carboxylic acids is 1. The SMILES string of the molecule is O=C(C1CC1c1ccc2ccccc2c1)N1CCC2CCC(C1)N2. The van der Waals surface area contributed by atoms with Crippen molar-refractivity contribution < 1.29 is 4.79 Å². The summed E-state index contributed by atoms with van der Waals surface area (Å²) < 4.78 is 0. The maximum Gasteiger partial charge on any atom is 0.226 e. The van der Waals surface area contributed by atoms with Gasteiger partial charge >= 0.3 is 0 Å². The van der Waals surface area contributed by atoms with Crippen LogP contribution in [0.3, 0.4) is 0 Å². The van der Waals surface area contributed by atoms with E-state index in [0.717, 1.165) is 25.9 Å². The molecule has 1 N–H and O–H groups in total. The average Bonchev–Trinajstić information content (AvgIpc) is 3.32. The Kier molecular flexibility index (Phi) is 3.37. The second kappa shape index (κ2) is 5.59. The fourth-order valence-corrected chi connectivity index (χ4v) is 4.65. The molecule has 3 nitrogen and oxygen atoms in total. The molecule has 5 rings (SSSR count). The minimum atomic E-state index is 0.211. The summed E-state index contributed by atoms with van der Waals surface area (Å²) in [6, 6.07) is 16.3. The number of carbonyl (C=O) groups is 1. The van der Waals surface area contributed by atoms with Crippen molar-refractivity contribution in [2.75, 3.05) is 13.1 Å². The zero-order chi connectivity index (χ0) is 16.1. The van der Waals surface area contributed by atoms with E-state index in [9.17, 15) is 4.79 Å². The number of fused-ring (bicyclic) bond motifs is 3. The van der Waals surface area contributed by atoms with E-state index < -0.39 is 0 Å². The van der Waals surface area contributed by atoms with Crippen LogP contribution in [-0.4, -0.2) is 36.0 Å². The van der Waals surface area contributed by atoms with Crippen molar-refractivity contribution in [2.24, 2.45) is 5.92 Å². The normalized spacial score (nSPS) is 31.9. The van der Waals surface area contributed by atoms with Crippen LogP contribution in [0.1, 0.15) is 37.2 Å². The van der Waals surface area contributed by atoms with Gasteiger partial charge in [0, 0.05) is 31.1 Å². The number of likely N-dealkylation sites (tertiary alicyclic amines) is 1. The van der Waals surface area contributed by atoms with E-state index in [1.54, 1.807) is 0 Å². The molecule has 2 heterocycles. The van der Waals surface area contributed by atoms with E-state index in [4.69, 9.17) is 0 Å². The largest absolute Gasteiger partial charge is 0.341 e. The van der Waals surface area contributed by atoms with Crippen LogP contribution in [0.25, 0.3) is 10.8 Å². The van der Waals surface area contributed by atoms with E-state index in [-0.39, 0.29) is 5.92 Å². The molecule has 0 radical (unpaired) electrons. The summed E-state index contributed by atoms with van der Waals surface area (Å²) in [6.45, 7) is 1.85. The Balaban J connectivity index is 1.31. The van der Waals surface area contributed by atoms with Gasteiger partial charge in [-0.25, -0.2) is 0 Å². The van der Waals surface area contributed by atoms with Gasteiger partial charge in [-0.05, 0) is 47.9 Å². The summed E-state index contributed by atoms with van der Waals surface area (Å²) >= 11 is 0. The summed E-state index contributed by atoms with van der Waals surface area (Å²) in [4.78, 5) is 15.1. The summed E-state index contributed by atoms with van der Waals surface area (Å²) in [5, 5.41) is 6.23. The monoisotopic (exact) mass is 320 g/mol. The Morgan fingerprint density at radius 2 is 1.83 bits per heavy atom. The molecule has 2 aliphatic heterocycles. The van der Waals surface area contributed by atoms with Crippen molar-refractivity contribution in [2.45, 2.75) is 43.7 Å². The van der Waals surface area contributed by atoms with E-state index in [0.29, 0.717) is 23.9 Å². The smallest absolute Gasteiger partial charge is 0.226 e. The molecular weight excluding hydrogens is 296 g/mol. The van der Waals surface area contributed by atoms with Crippen LogP contribution in [0.4, 0.5) is 0 Å². The molecule has 2 bridgehead atoms. The molecule has 3 heteroatoms. The predicted octanol–water partition coefficient (Wildman–Crippen LogP) is 3.30. The standard InChI is InChI=1S/C21H24N2O/c24-21(23-10-9-17-7-8-18(13-23)22-17)20-12-19(20)16-6-5-14-3-1-2-4-15(14)11-16/h1-6,11,17-20,22H,7-10,12-13H2. The first-order valence-electron chi connectivity index (χ1n) is 9.31. The Morgan fingerprint density at radius 1 is 1.00 bits per heavy atom. The van der Waals surface area contributed by atoms with Crippen LogP contribution < -0.4 is 5.32 Å². The zero-order valence-corrected chi connectivity index (χ0v) is 13.9. The Morgan fingerprint density at radius 3 is 2.75 bits per heavy atom. The van der Waals surface area contributed by atoms with Crippen LogP contribution in [0.5, 0.6) is 0 Å². The van der Waals surface area contributed by atoms with Crippen molar-refractivity contribution in [1.29, 1.82) is 0 Å². The highest BCUT2D eigenvalue weighted by Crippen LogP contribution is 2.49. The molecule has 2 saturated heterocycles. The molecule has 1 amide bonds. The number of rotatable bonds is 2. The van der Waals surface area contributed by atoms with Crippen LogP contribution in [-0.2, 0) is 4.79 Å². The quantitative estimate of drug-likeness (QED) is 0.921. The molecule has 0 aromatic heterocycles. The molecule has 124 valence electrons. The van der Waals surface area contributed by atoms with Gasteiger partial charge in [0.15, 0.2) is 0 Å². The fraction of sp³-hybridized carbons (Fsp3) is 0.476. The zero-order valence-electron chi connectivity index (χ0n) is 13.9. The number of hydrogen-bond donors (Lipinski definition) is 1. The van der Waals surface area contributed by atoms with Gasteiger partial charge in [0.1, 0.15) is 0 Å². The topological polar surface area (TPSA) is 32.3 Å². The number of nitrogens with zero attached hydrogens (tertiary/aromatic N) is 1. The van der Waals surface area contributed by atoms with Crippen molar-refractivity contribution in [3.8, 4) is 0 Å². The maximum atomic E-state index is 12.9. The third-order valence-corrected chi connectivity index (χ3v) is 6.14. The predicted molar refractivity (Wildman–Crippen MR) is 95.9 cm³/mol. The summed E-state index contributed by atoms with van der Waals surface area (Å²) in [5.74, 6) is 1.03. The minimum Gasteiger partial charge on any atom is -0.341 e. The van der Waals surface area contributed by atoms with Crippen molar-refractivity contribution in [3.63, 3.8) is 0 Å². The van der Waals surface area contributed by atoms with Gasteiger partial charge in [-0.2, -0.15) is 0 Å². The molecule has 2 aromatic carbocycles. The first-order chi connectivity index (χ1) is 11.8. The summed E-state index contributed by atoms with van der Waals surface area (Å²) in [5.41, 5.74) is 1.33. The Hall–Kier alpha value is -1.87. The van der Waals surface area contributed by atoms with Gasteiger partial charge in [-0.3, -0.25) is 4.79 Å². The van der Waals surface area contributed by atoms with E-state index in [1.165, 1.54) is 29.2 Å². The van der Waals surface area contributed by atoms with Crippen LogP contribution in [0, 0.1) is 5.92 Å². The first kappa shape index (κ1) is 14.5. The molecule has 1 aliphatic carbocycles. The number of amides is 1. The third kappa shape index (κ3) is 2.51. The molecular formula is C21H24N2O. The van der Waals surface area contributed by atoms with Crippen LogP contribution in [0.15, 0.2) is 42.5 Å². The highest BCUT2D eigenvalue weighted by atomic mass is 16.2. The van der Waals surface area contributed by atoms with Gasteiger partial charge in [-0.15, -0.1) is 0 Å². The average molecular weight is 320 g/mol. The van der Waals surface area contributed by atoms with Gasteiger partial charge < -0.3 is 10.2 Å². The van der Waals surface area contributed by atoms with E-state index in [2.05, 4.69) is 52.7 Å². The van der Waals surface area contributed by atoms with Crippen LogP contribution in [0.2, 0.25) is 0 Å². The molecule has 3 fully saturated rings. The summed E-state index contributed by atoms with van der Waals surface area (Å²) in [6.07, 6.45) is 4.66. The minimum absolute atomic E-state index is 0.211. The van der Waals surface area contributed by atoms with Crippen molar-refractivity contribution in [3.05, 3.63) is 48.0 Å². The summed E-state index contributed by atoms with van der Waals surface area (Å²) in [7, 11) is 0. The maximum absolute atomic E-state index is 12.9. The highest BCUT2D eigenvalue weighted by molar-refractivity contribution is 5.86. The molecule has 3 aliphatic rings. The molecule has 2 aromatic rings. The lowest BCUT2D eigenvalue weighted by Gasteiger charge is -2.24. The Labute approximate surface area is 143 Å². The van der Waals surface area contributed by atoms with E-state index in [1.807, 2.05) is 0 Å². The van der Waals surface area contributed by atoms with Gasteiger partial charge in [0.2, 0.25) is 5.91 Å². The molecule has 1 saturated carbocycles.